The molecule has 0 radical (unpaired) electrons. The summed E-state index contributed by atoms with van der Waals surface area (Å²) in [6, 6.07) is 9.27. The fourth-order valence-electron chi connectivity index (χ4n) is 5.08. The molecule has 1 fully saturated rings. The molecule has 9 heteroatoms. The maximum Gasteiger partial charge on any atom is 0.418 e. The van der Waals surface area contributed by atoms with E-state index >= 15 is 0 Å². The van der Waals surface area contributed by atoms with Crippen LogP contribution in [0.5, 0.6) is 5.75 Å². The molecule has 2 heterocycles. The zero-order valence-corrected chi connectivity index (χ0v) is 19.5. The van der Waals surface area contributed by atoms with Crippen LogP contribution in [0, 0.1) is 6.92 Å². The normalized spacial score (nSPS) is 17.7. The lowest BCUT2D eigenvalue weighted by Gasteiger charge is -2.22. The molecule has 1 aliphatic heterocycles. The number of aromatic nitrogens is 2. The van der Waals surface area contributed by atoms with E-state index in [-0.39, 0.29) is 5.69 Å². The quantitative estimate of drug-likeness (QED) is 0.597. The Balaban J connectivity index is 1.75. The van der Waals surface area contributed by atoms with Gasteiger partial charge in [0.25, 0.3) is 5.56 Å². The van der Waals surface area contributed by atoms with Gasteiger partial charge < -0.3 is 14.7 Å². The molecule has 2 aliphatic rings. The molecule has 1 atom stereocenters. The summed E-state index contributed by atoms with van der Waals surface area (Å²) in [6.07, 6.45) is -2.81. The predicted octanol–water partition coefficient (Wildman–Crippen LogP) is 4.30. The van der Waals surface area contributed by atoms with Crippen molar-refractivity contribution >= 4 is 5.69 Å². The van der Waals surface area contributed by atoms with Crippen LogP contribution in [-0.4, -0.2) is 41.2 Å². The summed E-state index contributed by atoms with van der Waals surface area (Å²) >= 11 is 0. The molecule has 0 amide bonds. The number of rotatable bonds is 4. The van der Waals surface area contributed by atoms with Gasteiger partial charge in [0, 0.05) is 29.9 Å². The second-order valence-electron chi connectivity index (χ2n) is 9.20. The van der Waals surface area contributed by atoms with Gasteiger partial charge >= 0.3 is 6.18 Å². The Morgan fingerprint density at radius 1 is 1.11 bits per heavy atom. The lowest BCUT2D eigenvalue weighted by atomic mass is 10.0. The highest BCUT2D eigenvalue weighted by atomic mass is 19.4. The van der Waals surface area contributed by atoms with Crippen molar-refractivity contribution in [1.29, 1.82) is 0 Å². The number of anilines is 1. The standard InChI is InChI=1S/C26H26F3N3O3/c1-15-10-16(12-19(11-15)35-2)24-20-4-3-5-21(20)25(34)32(30-24)23-13-17(31-9-8-18(33)14-31)6-7-22(23)26(27,28)29/h6-7,10-13,18,33H,3-5,8-9,14H2,1-2H3/t18-/m0/s1. The van der Waals surface area contributed by atoms with Crippen molar-refractivity contribution in [2.75, 3.05) is 25.1 Å². The number of nitrogens with zero attached hydrogens (tertiary/aromatic N) is 3. The molecule has 5 rings (SSSR count). The van der Waals surface area contributed by atoms with E-state index in [2.05, 4.69) is 5.10 Å². The van der Waals surface area contributed by atoms with E-state index in [0.29, 0.717) is 60.6 Å². The molecule has 0 spiro atoms. The molecule has 0 saturated carbocycles. The molecule has 0 bridgehead atoms. The van der Waals surface area contributed by atoms with Gasteiger partial charge in [0.2, 0.25) is 0 Å². The van der Waals surface area contributed by atoms with E-state index in [1.54, 1.807) is 13.2 Å². The third-order valence-electron chi connectivity index (χ3n) is 6.76. The zero-order valence-electron chi connectivity index (χ0n) is 19.5. The van der Waals surface area contributed by atoms with E-state index in [1.807, 2.05) is 24.0 Å². The summed E-state index contributed by atoms with van der Waals surface area (Å²) in [5.74, 6) is 0.608. The number of methoxy groups -OCH3 is 1. The molecule has 2 aromatic carbocycles. The molecule has 1 aliphatic carbocycles. The number of hydrogen-bond acceptors (Lipinski definition) is 5. The van der Waals surface area contributed by atoms with Crippen molar-refractivity contribution in [3.63, 3.8) is 0 Å². The van der Waals surface area contributed by atoms with Gasteiger partial charge in [-0.2, -0.15) is 23.0 Å². The third-order valence-corrected chi connectivity index (χ3v) is 6.76. The lowest BCUT2D eigenvalue weighted by Crippen LogP contribution is -2.29. The number of hydrogen-bond donors (Lipinski definition) is 1. The summed E-state index contributed by atoms with van der Waals surface area (Å²) in [6.45, 7) is 2.75. The van der Waals surface area contributed by atoms with Gasteiger partial charge in [-0.15, -0.1) is 0 Å². The van der Waals surface area contributed by atoms with Gasteiger partial charge in [0.05, 0.1) is 30.2 Å². The van der Waals surface area contributed by atoms with Crippen LogP contribution in [0.2, 0.25) is 0 Å². The molecular weight excluding hydrogens is 459 g/mol. The Labute approximate surface area is 200 Å². The largest absolute Gasteiger partial charge is 0.497 e. The second-order valence-corrected chi connectivity index (χ2v) is 9.20. The molecule has 6 nitrogen and oxygen atoms in total. The molecule has 1 saturated heterocycles. The molecule has 3 aromatic rings. The predicted molar refractivity (Wildman–Crippen MR) is 126 cm³/mol. The SMILES string of the molecule is COc1cc(C)cc(-c2nn(-c3cc(N4CC[C@H](O)C4)ccc3C(F)(F)F)c(=O)c3c2CCC3)c1. The van der Waals surface area contributed by atoms with Gasteiger partial charge in [-0.1, -0.05) is 0 Å². The number of benzene rings is 2. The van der Waals surface area contributed by atoms with Gasteiger partial charge in [0.1, 0.15) is 5.75 Å². The first-order valence-corrected chi connectivity index (χ1v) is 11.6. The summed E-state index contributed by atoms with van der Waals surface area (Å²) in [5.41, 5.74) is 2.14. The van der Waals surface area contributed by atoms with Crippen molar-refractivity contribution in [1.82, 2.24) is 9.78 Å². The number of β-amino-alcohol motifs (C(OH)–C–C–N with tert-alkyl or cyclic N) is 1. The molecule has 35 heavy (non-hydrogen) atoms. The summed E-state index contributed by atoms with van der Waals surface area (Å²) in [7, 11) is 1.55. The first-order chi connectivity index (χ1) is 16.7. The molecule has 184 valence electrons. The van der Waals surface area contributed by atoms with E-state index in [4.69, 9.17) is 4.74 Å². The monoisotopic (exact) mass is 485 g/mol. The van der Waals surface area contributed by atoms with E-state index < -0.39 is 23.4 Å². The van der Waals surface area contributed by atoms with Crippen molar-refractivity contribution < 1.29 is 23.0 Å². The highest BCUT2D eigenvalue weighted by Crippen LogP contribution is 2.37. The zero-order chi connectivity index (χ0) is 24.9. The van der Waals surface area contributed by atoms with Crippen LogP contribution in [-0.2, 0) is 19.0 Å². The average Bonchev–Trinajstić information content (AvgIpc) is 3.48. The third kappa shape index (κ3) is 4.29. The minimum atomic E-state index is -4.68. The Morgan fingerprint density at radius 2 is 1.89 bits per heavy atom. The van der Waals surface area contributed by atoms with Gasteiger partial charge in [0.15, 0.2) is 0 Å². The minimum Gasteiger partial charge on any atom is -0.497 e. The number of aliphatic hydroxyl groups is 1. The maximum absolute atomic E-state index is 14.1. The van der Waals surface area contributed by atoms with E-state index in [1.165, 1.54) is 12.1 Å². The average molecular weight is 486 g/mol. The summed E-state index contributed by atoms with van der Waals surface area (Å²) in [5, 5.41) is 14.4. The number of aryl methyl sites for hydroxylation is 1. The Morgan fingerprint density at radius 3 is 2.57 bits per heavy atom. The van der Waals surface area contributed by atoms with Crippen molar-refractivity contribution in [2.24, 2.45) is 0 Å². The first kappa shape index (κ1) is 23.4. The van der Waals surface area contributed by atoms with Crippen LogP contribution in [0.3, 0.4) is 0 Å². The number of aliphatic hydroxyl groups excluding tert-OH is 1. The number of fused-ring (bicyclic) bond motifs is 1. The van der Waals surface area contributed by atoms with Crippen LogP contribution in [0.1, 0.15) is 35.1 Å². The Bertz CT molecular complexity index is 1350. The lowest BCUT2D eigenvalue weighted by molar-refractivity contribution is -0.137. The van der Waals surface area contributed by atoms with E-state index in [0.717, 1.165) is 28.3 Å². The topological polar surface area (TPSA) is 67.6 Å². The molecule has 1 aromatic heterocycles. The second kappa shape index (κ2) is 8.71. The van der Waals surface area contributed by atoms with Crippen LogP contribution in [0.15, 0.2) is 41.2 Å². The van der Waals surface area contributed by atoms with Crippen LogP contribution in [0.25, 0.3) is 16.9 Å². The number of alkyl halides is 3. The number of halogens is 3. The highest BCUT2D eigenvalue weighted by molar-refractivity contribution is 5.68. The molecule has 1 N–H and O–H groups in total. The van der Waals surface area contributed by atoms with Crippen molar-refractivity contribution in [3.05, 3.63) is 69.0 Å². The number of ether oxygens (including phenoxy) is 1. The van der Waals surface area contributed by atoms with Crippen molar-refractivity contribution in [2.45, 2.75) is 44.9 Å². The van der Waals surface area contributed by atoms with Gasteiger partial charge in [-0.25, -0.2) is 0 Å². The highest BCUT2D eigenvalue weighted by Gasteiger charge is 2.36. The first-order valence-electron chi connectivity index (χ1n) is 11.6. The van der Waals surface area contributed by atoms with Crippen LogP contribution < -0.4 is 15.2 Å². The fourth-order valence-corrected chi connectivity index (χ4v) is 5.08. The minimum absolute atomic E-state index is 0.308. The molecular formula is C26H26F3N3O3. The van der Waals surface area contributed by atoms with Gasteiger partial charge in [-0.3, -0.25) is 4.79 Å². The van der Waals surface area contributed by atoms with Crippen LogP contribution in [0.4, 0.5) is 18.9 Å². The molecule has 0 unspecified atom stereocenters. The van der Waals surface area contributed by atoms with Crippen LogP contribution >= 0.6 is 0 Å². The Hall–Kier alpha value is -3.33. The fraction of sp³-hybridized carbons (Fsp3) is 0.385. The van der Waals surface area contributed by atoms with E-state index in [9.17, 15) is 23.1 Å². The summed E-state index contributed by atoms with van der Waals surface area (Å²) in [4.78, 5) is 15.3. The summed E-state index contributed by atoms with van der Waals surface area (Å²) < 4.78 is 48.5. The smallest absolute Gasteiger partial charge is 0.418 e. The maximum atomic E-state index is 14.1. The van der Waals surface area contributed by atoms with Crippen molar-refractivity contribution in [3.8, 4) is 22.7 Å². The Kier molecular flexibility index (Phi) is 5.83. The van der Waals surface area contributed by atoms with Gasteiger partial charge in [-0.05, 0) is 80.1 Å².